The molecule has 1 nitrogen and oxygen atoms in total. The molecule has 0 saturated heterocycles. The van der Waals surface area contributed by atoms with E-state index in [1.165, 1.54) is 0 Å². The molecule has 0 rings (SSSR count). The molecule has 16 heavy (non-hydrogen) atoms. The summed E-state index contributed by atoms with van der Waals surface area (Å²) in [5, 5.41) is 3.39. The third-order valence-electron chi connectivity index (χ3n) is 2.94. The fourth-order valence-electron chi connectivity index (χ4n) is 1.68. The maximum absolute atomic E-state index is 5.66. The topological polar surface area (TPSA) is 12.0 Å². The van der Waals surface area contributed by atoms with Crippen LogP contribution in [0.3, 0.4) is 0 Å². The summed E-state index contributed by atoms with van der Waals surface area (Å²) in [6, 6.07) is 0. The van der Waals surface area contributed by atoms with Gasteiger partial charge >= 0.3 is 0 Å². The lowest BCUT2D eigenvalue weighted by atomic mass is 9.78. The van der Waals surface area contributed by atoms with Gasteiger partial charge in [0.1, 0.15) is 0 Å². The third kappa shape index (κ3) is 4.89. The number of terminal acetylenes is 1. The molecule has 0 fully saturated rings. The number of hydrogen-bond acceptors (Lipinski definition) is 1. The highest BCUT2D eigenvalue weighted by atomic mass is 31.1. The summed E-state index contributed by atoms with van der Waals surface area (Å²) in [5.41, 5.74) is 3.88. The zero-order valence-electron chi connectivity index (χ0n) is 11.2. The van der Waals surface area contributed by atoms with E-state index >= 15 is 0 Å². The van der Waals surface area contributed by atoms with Gasteiger partial charge in [-0.25, -0.2) is 0 Å². The van der Waals surface area contributed by atoms with Crippen molar-refractivity contribution in [2.24, 2.45) is 5.41 Å². The van der Waals surface area contributed by atoms with Gasteiger partial charge in [0.05, 0.1) is 11.0 Å². The van der Waals surface area contributed by atoms with Crippen LogP contribution in [0.4, 0.5) is 0 Å². The Hall–Kier alpha value is -0.690. The van der Waals surface area contributed by atoms with Crippen LogP contribution in [-0.2, 0) is 0 Å². The lowest BCUT2D eigenvalue weighted by Crippen LogP contribution is -2.43. The SMILES string of the molecule is C#C[C@](C)(CC(C)(C)CC)NC(=C=C)PC. The molecule has 2 atom stereocenters. The predicted octanol–water partition coefficient (Wildman–Crippen LogP) is 3.73. The van der Waals surface area contributed by atoms with Crippen LogP contribution in [-0.4, -0.2) is 12.2 Å². The Labute approximate surface area is 103 Å². The van der Waals surface area contributed by atoms with Crippen molar-refractivity contribution in [1.82, 2.24) is 5.32 Å². The number of nitrogens with one attached hydrogen (secondary N) is 1. The lowest BCUT2D eigenvalue weighted by molar-refractivity contribution is 0.255. The second kappa shape index (κ2) is 6.15. The highest BCUT2D eigenvalue weighted by Crippen LogP contribution is 2.32. The Balaban J connectivity index is 4.82. The maximum atomic E-state index is 5.66. The molecule has 1 unspecified atom stereocenters. The van der Waals surface area contributed by atoms with Crippen molar-refractivity contribution in [3.05, 3.63) is 17.7 Å². The van der Waals surface area contributed by atoms with Crippen LogP contribution in [0, 0.1) is 17.8 Å². The van der Waals surface area contributed by atoms with E-state index in [4.69, 9.17) is 6.42 Å². The smallest absolute Gasteiger partial charge is 0.0965 e. The van der Waals surface area contributed by atoms with E-state index in [-0.39, 0.29) is 11.0 Å². The molecule has 0 radical (unpaired) electrons. The Kier molecular flexibility index (Phi) is 5.88. The van der Waals surface area contributed by atoms with Crippen LogP contribution >= 0.6 is 8.58 Å². The van der Waals surface area contributed by atoms with Gasteiger partial charge in [-0.05, 0) is 25.4 Å². The highest BCUT2D eigenvalue weighted by molar-refractivity contribution is 7.42. The van der Waals surface area contributed by atoms with Gasteiger partial charge in [-0.3, -0.25) is 0 Å². The maximum Gasteiger partial charge on any atom is 0.0965 e. The summed E-state index contributed by atoms with van der Waals surface area (Å²) in [6.07, 6.45) is 7.72. The summed E-state index contributed by atoms with van der Waals surface area (Å²) in [4.78, 5) is 0. The summed E-state index contributed by atoms with van der Waals surface area (Å²) in [6.45, 7) is 14.5. The van der Waals surface area contributed by atoms with Crippen LogP contribution in [0.25, 0.3) is 0 Å². The van der Waals surface area contributed by atoms with E-state index in [2.05, 4.69) is 57.9 Å². The molecule has 0 aliphatic heterocycles. The molecule has 0 aliphatic rings. The Morgan fingerprint density at radius 3 is 2.31 bits per heavy atom. The largest absolute Gasteiger partial charge is 0.363 e. The quantitative estimate of drug-likeness (QED) is 0.421. The summed E-state index contributed by atoms with van der Waals surface area (Å²) < 4.78 is 0. The highest BCUT2D eigenvalue weighted by Gasteiger charge is 2.30. The standard InChI is InChI=1S/C14H24NP/c1-8-12(16-7)15-14(6,10-3)11-13(4,5)9-2/h3,15-16H,1,9,11H2,2,4-7H3/t14-/m1/s1. The van der Waals surface area contributed by atoms with Crippen LogP contribution in [0.1, 0.15) is 40.5 Å². The average molecular weight is 237 g/mol. The summed E-state index contributed by atoms with van der Waals surface area (Å²) in [7, 11) is 0.649. The zero-order chi connectivity index (χ0) is 12.8. The van der Waals surface area contributed by atoms with Crippen LogP contribution in [0.2, 0.25) is 0 Å². The zero-order valence-corrected chi connectivity index (χ0v) is 12.2. The molecule has 0 aromatic rings. The van der Waals surface area contributed by atoms with Gasteiger partial charge in [-0.2, -0.15) is 0 Å². The fourth-order valence-corrected chi connectivity index (χ4v) is 2.26. The molecular formula is C14H24NP. The first-order chi connectivity index (χ1) is 7.32. The normalized spacial score (nSPS) is 15.2. The van der Waals surface area contributed by atoms with Crippen molar-refractivity contribution >= 4 is 8.58 Å². The summed E-state index contributed by atoms with van der Waals surface area (Å²) >= 11 is 0. The van der Waals surface area contributed by atoms with Gasteiger partial charge in [0.15, 0.2) is 0 Å². The van der Waals surface area contributed by atoms with Crippen molar-refractivity contribution in [3.63, 3.8) is 0 Å². The molecule has 1 N–H and O–H groups in total. The van der Waals surface area contributed by atoms with E-state index in [1.807, 2.05) is 0 Å². The first-order valence-corrected chi connectivity index (χ1v) is 7.16. The van der Waals surface area contributed by atoms with E-state index in [9.17, 15) is 0 Å². The number of rotatable bonds is 6. The first kappa shape index (κ1) is 15.3. The van der Waals surface area contributed by atoms with Crippen molar-refractivity contribution in [2.45, 2.75) is 46.1 Å². The molecule has 0 bridgehead atoms. The van der Waals surface area contributed by atoms with Crippen LogP contribution < -0.4 is 5.32 Å². The Morgan fingerprint density at radius 1 is 1.44 bits per heavy atom. The molecular weight excluding hydrogens is 213 g/mol. The lowest BCUT2D eigenvalue weighted by Gasteiger charge is -2.35. The molecule has 0 aromatic carbocycles. The van der Waals surface area contributed by atoms with E-state index in [0.29, 0.717) is 8.58 Å². The van der Waals surface area contributed by atoms with Gasteiger partial charge in [0.2, 0.25) is 0 Å². The first-order valence-electron chi connectivity index (χ1n) is 5.66. The van der Waals surface area contributed by atoms with Gasteiger partial charge < -0.3 is 5.32 Å². The average Bonchev–Trinajstić information content (AvgIpc) is 2.25. The van der Waals surface area contributed by atoms with E-state index in [0.717, 1.165) is 18.3 Å². The molecule has 0 saturated carbocycles. The van der Waals surface area contributed by atoms with Gasteiger partial charge in [-0.1, -0.05) is 48.3 Å². The van der Waals surface area contributed by atoms with Crippen molar-refractivity contribution in [3.8, 4) is 12.3 Å². The van der Waals surface area contributed by atoms with Crippen LogP contribution in [0.5, 0.6) is 0 Å². The van der Waals surface area contributed by atoms with Gasteiger partial charge in [-0.15, -0.1) is 12.2 Å². The molecule has 2 heteroatoms. The van der Waals surface area contributed by atoms with Gasteiger partial charge in [0, 0.05) is 0 Å². The van der Waals surface area contributed by atoms with Crippen molar-refractivity contribution in [1.29, 1.82) is 0 Å². The fraction of sp³-hybridized carbons (Fsp3) is 0.643. The molecule has 0 amide bonds. The molecule has 90 valence electrons. The molecule has 0 spiro atoms. The number of hydrogen-bond donors (Lipinski definition) is 1. The monoisotopic (exact) mass is 237 g/mol. The van der Waals surface area contributed by atoms with Crippen molar-refractivity contribution < 1.29 is 0 Å². The molecule has 0 aliphatic carbocycles. The minimum absolute atomic E-state index is 0.247. The van der Waals surface area contributed by atoms with Crippen LogP contribution in [0.15, 0.2) is 17.7 Å². The molecule has 0 heterocycles. The van der Waals surface area contributed by atoms with Crippen molar-refractivity contribution in [2.75, 3.05) is 6.66 Å². The second-order valence-corrected chi connectivity index (χ2v) is 6.10. The Bertz CT molecular complexity index is 318. The minimum Gasteiger partial charge on any atom is -0.363 e. The minimum atomic E-state index is -0.303. The second-order valence-electron chi connectivity index (χ2n) is 5.10. The predicted molar refractivity (Wildman–Crippen MR) is 76.0 cm³/mol. The molecule has 0 aromatic heterocycles. The summed E-state index contributed by atoms with van der Waals surface area (Å²) in [5.74, 6) is 2.87. The van der Waals surface area contributed by atoms with E-state index < -0.39 is 0 Å². The third-order valence-corrected chi connectivity index (χ3v) is 3.74. The Morgan fingerprint density at radius 2 is 2.00 bits per heavy atom. The van der Waals surface area contributed by atoms with E-state index in [1.54, 1.807) is 0 Å². The van der Waals surface area contributed by atoms with Gasteiger partial charge in [0.25, 0.3) is 0 Å².